The van der Waals surface area contributed by atoms with Crippen LogP contribution >= 0.6 is 23.2 Å². The number of carboxylic acid groups (broad SMARTS) is 1. The zero-order valence-electron chi connectivity index (χ0n) is 13.0. The second-order valence-electron chi connectivity index (χ2n) is 5.06. The van der Waals surface area contributed by atoms with E-state index in [1.807, 2.05) is 0 Å². The molecule has 0 fully saturated rings. The van der Waals surface area contributed by atoms with Crippen molar-refractivity contribution in [1.82, 2.24) is 10.6 Å². The van der Waals surface area contributed by atoms with Crippen LogP contribution < -0.4 is 10.6 Å². The Balaban J connectivity index is 2.72. The van der Waals surface area contributed by atoms with Crippen LogP contribution in [0.15, 0.2) is 30.9 Å². The highest BCUT2D eigenvalue weighted by Gasteiger charge is 2.24. The molecule has 0 radical (unpaired) electrons. The van der Waals surface area contributed by atoms with Crippen molar-refractivity contribution in [3.63, 3.8) is 0 Å². The fourth-order valence-electron chi connectivity index (χ4n) is 1.86. The molecule has 0 heterocycles. The van der Waals surface area contributed by atoms with Crippen LogP contribution in [-0.4, -0.2) is 35.0 Å². The lowest BCUT2D eigenvalue weighted by Gasteiger charge is -2.18. The summed E-state index contributed by atoms with van der Waals surface area (Å²) in [6.45, 7) is 4.95. The van der Waals surface area contributed by atoms with Crippen LogP contribution in [0, 0.1) is 0 Å². The van der Waals surface area contributed by atoms with Gasteiger partial charge in [0.2, 0.25) is 5.91 Å². The third-order valence-electron chi connectivity index (χ3n) is 3.21. The zero-order valence-corrected chi connectivity index (χ0v) is 14.5. The first-order valence-corrected chi connectivity index (χ1v) is 7.92. The molecule has 6 nitrogen and oxygen atoms in total. The summed E-state index contributed by atoms with van der Waals surface area (Å²) in [6, 6.07) is 2.57. The number of carboxylic acids is 1. The van der Waals surface area contributed by atoms with Gasteiger partial charge in [-0.15, -0.1) is 6.58 Å². The summed E-state index contributed by atoms with van der Waals surface area (Å²) in [5.74, 6) is -2.34. The molecule has 1 rings (SSSR count). The fourth-order valence-corrected chi connectivity index (χ4v) is 2.24. The number of halogens is 2. The van der Waals surface area contributed by atoms with Crippen LogP contribution in [0.1, 0.15) is 30.1 Å². The number of aliphatic carboxylic acids is 1. The van der Waals surface area contributed by atoms with Crippen molar-refractivity contribution in [2.45, 2.75) is 31.8 Å². The quantitative estimate of drug-likeness (QED) is 0.611. The maximum Gasteiger partial charge on any atom is 0.326 e. The molecule has 2 amide bonds. The van der Waals surface area contributed by atoms with Gasteiger partial charge in [0.05, 0.1) is 15.6 Å². The highest BCUT2D eigenvalue weighted by atomic mass is 35.5. The monoisotopic (exact) mass is 372 g/mol. The Morgan fingerprint density at radius 2 is 1.96 bits per heavy atom. The second-order valence-corrected chi connectivity index (χ2v) is 5.85. The number of rotatable bonds is 8. The highest BCUT2D eigenvalue weighted by molar-refractivity contribution is 6.43. The predicted molar refractivity (Wildman–Crippen MR) is 92.4 cm³/mol. The Labute approximate surface area is 149 Å². The van der Waals surface area contributed by atoms with Crippen LogP contribution in [0.2, 0.25) is 10.0 Å². The van der Waals surface area contributed by atoms with Crippen molar-refractivity contribution in [3.8, 4) is 0 Å². The topological polar surface area (TPSA) is 95.5 Å². The Hall–Kier alpha value is -2.05. The Morgan fingerprint density at radius 1 is 1.29 bits per heavy atom. The summed E-state index contributed by atoms with van der Waals surface area (Å²) >= 11 is 11.8. The van der Waals surface area contributed by atoms with E-state index in [2.05, 4.69) is 17.2 Å². The molecule has 8 heteroatoms. The molecular formula is C16H18Cl2N2O4. The lowest BCUT2D eigenvalue weighted by molar-refractivity contribution is -0.142. The molecular weight excluding hydrogens is 355 g/mol. The van der Waals surface area contributed by atoms with Crippen molar-refractivity contribution < 1.29 is 19.5 Å². The average Bonchev–Trinajstić information content (AvgIpc) is 2.53. The van der Waals surface area contributed by atoms with E-state index in [0.29, 0.717) is 6.42 Å². The molecule has 2 atom stereocenters. The SMILES string of the molecule is C=CCCC(NC(=O)C(C)NC(=O)c1cccc(Cl)c1Cl)C(=O)O. The molecule has 130 valence electrons. The van der Waals surface area contributed by atoms with E-state index in [1.165, 1.54) is 19.1 Å². The third kappa shape index (κ3) is 5.54. The van der Waals surface area contributed by atoms with E-state index in [-0.39, 0.29) is 22.0 Å². The molecule has 0 saturated heterocycles. The number of allylic oxidation sites excluding steroid dienone is 1. The summed E-state index contributed by atoms with van der Waals surface area (Å²) in [4.78, 5) is 35.3. The van der Waals surface area contributed by atoms with Crippen LogP contribution in [-0.2, 0) is 9.59 Å². The van der Waals surface area contributed by atoms with Gasteiger partial charge >= 0.3 is 5.97 Å². The number of hydrogen-bond acceptors (Lipinski definition) is 3. The van der Waals surface area contributed by atoms with E-state index in [0.717, 1.165) is 0 Å². The minimum Gasteiger partial charge on any atom is -0.480 e. The third-order valence-corrected chi connectivity index (χ3v) is 4.03. The summed E-state index contributed by atoms with van der Waals surface area (Å²) in [6.07, 6.45) is 2.22. The van der Waals surface area contributed by atoms with Gasteiger partial charge in [-0.2, -0.15) is 0 Å². The second kappa shape index (κ2) is 9.30. The minimum atomic E-state index is -1.15. The minimum absolute atomic E-state index is 0.0821. The van der Waals surface area contributed by atoms with Gasteiger partial charge in [0, 0.05) is 0 Å². The van der Waals surface area contributed by atoms with Gasteiger partial charge in [-0.25, -0.2) is 4.79 Å². The lowest BCUT2D eigenvalue weighted by Crippen LogP contribution is -2.50. The molecule has 3 N–H and O–H groups in total. The molecule has 2 unspecified atom stereocenters. The van der Waals surface area contributed by atoms with Gasteiger partial charge in [-0.05, 0) is 31.9 Å². The molecule has 1 aromatic rings. The number of amides is 2. The standard InChI is InChI=1S/C16H18Cl2N2O4/c1-3-4-8-12(16(23)24)20-14(21)9(2)19-15(22)10-6-5-7-11(17)13(10)18/h3,5-7,9,12H,1,4,8H2,2H3,(H,19,22)(H,20,21)(H,23,24). The van der Waals surface area contributed by atoms with E-state index in [4.69, 9.17) is 28.3 Å². The number of nitrogens with one attached hydrogen (secondary N) is 2. The first kappa shape index (κ1) is 20.0. The van der Waals surface area contributed by atoms with Crippen LogP contribution in [0.3, 0.4) is 0 Å². The molecule has 0 spiro atoms. The smallest absolute Gasteiger partial charge is 0.326 e. The summed E-state index contributed by atoms with van der Waals surface area (Å²) in [5.41, 5.74) is 0.130. The van der Waals surface area contributed by atoms with Gasteiger partial charge in [-0.3, -0.25) is 9.59 Å². The van der Waals surface area contributed by atoms with Crippen molar-refractivity contribution in [2.75, 3.05) is 0 Å². The lowest BCUT2D eigenvalue weighted by atomic mass is 10.1. The predicted octanol–water partition coefficient (Wildman–Crippen LogP) is 2.65. The van der Waals surface area contributed by atoms with Gasteiger partial charge in [0.25, 0.3) is 5.91 Å². The Kier molecular flexibility index (Phi) is 7.74. The van der Waals surface area contributed by atoms with Gasteiger partial charge < -0.3 is 15.7 Å². The number of carbonyl (C=O) groups is 3. The summed E-state index contributed by atoms with van der Waals surface area (Å²) in [7, 11) is 0. The van der Waals surface area contributed by atoms with E-state index in [9.17, 15) is 14.4 Å². The van der Waals surface area contributed by atoms with E-state index >= 15 is 0 Å². The van der Waals surface area contributed by atoms with Crippen molar-refractivity contribution in [1.29, 1.82) is 0 Å². The Morgan fingerprint density at radius 3 is 2.54 bits per heavy atom. The zero-order chi connectivity index (χ0) is 18.3. The molecule has 0 aliphatic carbocycles. The number of hydrogen-bond donors (Lipinski definition) is 3. The maximum absolute atomic E-state index is 12.2. The normalized spacial score (nSPS) is 12.8. The van der Waals surface area contributed by atoms with Gasteiger partial charge in [0.15, 0.2) is 0 Å². The summed E-state index contributed by atoms with van der Waals surface area (Å²) < 4.78 is 0. The van der Waals surface area contributed by atoms with Crippen molar-refractivity contribution >= 4 is 41.0 Å². The van der Waals surface area contributed by atoms with Crippen molar-refractivity contribution in [2.24, 2.45) is 0 Å². The van der Waals surface area contributed by atoms with Crippen LogP contribution in [0.5, 0.6) is 0 Å². The number of carbonyl (C=O) groups excluding carboxylic acids is 2. The largest absolute Gasteiger partial charge is 0.480 e. The van der Waals surface area contributed by atoms with Crippen molar-refractivity contribution in [3.05, 3.63) is 46.5 Å². The first-order chi connectivity index (χ1) is 11.3. The molecule has 0 aliphatic rings. The first-order valence-electron chi connectivity index (χ1n) is 7.16. The van der Waals surface area contributed by atoms with Crippen LogP contribution in [0.25, 0.3) is 0 Å². The molecule has 0 aromatic heterocycles. The highest BCUT2D eigenvalue weighted by Crippen LogP contribution is 2.25. The van der Waals surface area contributed by atoms with Gasteiger partial charge in [0.1, 0.15) is 12.1 Å². The van der Waals surface area contributed by atoms with Crippen LogP contribution in [0.4, 0.5) is 0 Å². The average molecular weight is 373 g/mol. The molecule has 0 bridgehead atoms. The molecule has 0 aliphatic heterocycles. The fraction of sp³-hybridized carbons (Fsp3) is 0.312. The summed E-state index contributed by atoms with van der Waals surface area (Å²) in [5, 5.41) is 14.2. The molecule has 24 heavy (non-hydrogen) atoms. The number of benzene rings is 1. The molecule has 0 saturated carbocycles. The van der Waals surface area contributed by atoms with E-state index in [1.54, 1.807) is 12.1 Å². The van der Waals surface area contributed by atoms with Gasteiger partial charge in [-0.1, -0.05) is 35.3 Å². The Bertz CT molecular complexity index is 649. The molecule has 1 aromatic carbocycles. The maximum atomic E-state index is 12.2. The van der Waals surface area contributed by atoms with E-state index < -0.39 is 29.9 Å².